The molecular weight excluding hydrogens is 502 g/mol. The van der Waals surface area contributed by atoms with E-state index in [0.29, 0.717) is 30.0 Å². The van der Waals surface area contributed by atoms with E-state index in [1.807, 2.05) is 44.2 Å². The standard InChI is InChI=1S/C29H31N3O5S/c1-5-6-13-26-31-28(33)27(29(34)32(26)20(3)24-10-7-8-12-25(24)37-4)38(35,36)22-16-14-21(15-17-22)23-11-9-18-30-19(23)2/h7-12,14-18,20,34H,5-6,13H2,1-4H3. The van der Waals surface area contributed by atoms with Gasteiger partial charge in [-0.3, -0.25) is 14.3 Å². The van der Waals surface area contributed by atoms with Crippen molar-refractivity contribution in [2.45, 2.75) is 55.9 Å². The van der Waals surface area contributed by atoms with E-state index in [1.165, 1.54) is 16.7 Å². The monoisotopic (exact) mass is 533 g/mol. The molecule has 4 rings (SSSR count). The molecule has 2 heterocycles. The van der Waals surface area contributed by atoms with Gasteiger partial charge in [0.1, 0.15) is 11.6 Å². The number of hydrogen-bond acceptors (Lipinski definition) is 7. The number of unbranched alkanes of at least 4 members (excludes halogenated alkanes) is 1. The van der Waals surface area contributed by atoms with E-state index in [2.05, 4.69) is 9.97 Å². The third-order valence-electron chi connectivity index (χ3n) is 6.62. The Morgan fingerprint density at radius 2 is 1.76 bits per heavy atom. The lowest BCUT2D eigenvalue weighted by atomic mass is 10.1. The fourth-order valence-corrected chi connectivity index (χ4v) is 5.92. The fourth-order valence-electron chi connectivity index (χ4n) is 4.57. The number of aromatic hydroxyl groups is 1. The zero-order valence-corrected chi connectivity index (χ0v) is 22.7. The summed E-state index contributed by atoms with van der Waals surface area (Å²) in [5.41, 5.74) is 2.20. The van der Waals surface area contributed by atoms with Gasteiger partial charge in [0.25, 0.3) is 5.56 Å². The molecule has 0 aliphatic rings. The molecule has 0 aliphatic heterocycles. The van der Waals surface area contributed by atoms with Crippen molar-refractivity contribution in [1.82, 2.24) is 14.5 Å². The van der Waals surface area contributed by atoms with Crippen molar-refractivity contribution < 1.29 is 18.3 Å². The van der Waals surface area contributed by atoms with E-state index in [0.717, 1.165) is 23.2 Å². The number of para-hydroxylation sites is 1. The van der Waals surface area contributed by atoms with Crippen molar-refractivity contribution in [2.75, 3.05) is 7.11 Å². The SMILES string of the molecule is CCCCc1nc(=O)c(S(=O)(=O)c2ccc(-c3cccnc3C)cc2)c(O)n1C(C)c1ccccc1OC. The predicted octanol–water partition coefficient (Wildman–Crippen LogP) is 5.11. The van der Waals surface area contributed by atoms with Gasteiger partial charge in [-0.1, -0.05) is 49.7 Å². The van der Waals surface area contributed by atoms with Crippen molar-refractivity contribution >= 4 is 9.84 Å². The molecule has 8 nitrogen and oxygen atoms in total. The number of sulfone groups is 1. The van der Waals surface area contributed by atoms with Crippen LogP contribution in [0.25, 0.3) is 11.1 Å². The highest BCUT2D eigenvalue weighted by atomic mass is 32.2. The van der Waals surface area contributed by atoms with Gasteiger partial charge in [-0.05, 0) is 50.1 Å². The smallest absolute Gasteiger partial charge is 0.296 e. The number of methoxy groups -OCH3 is 1. The molecule has 0 saturated carbocycles. The second-order valence-electron chi connectivity index (χ2n) is 9.04. The summed E-state index contributed by atoms with van der Waals surface area (Å²) in [6, 6.07) is 16.6. The van der Waals surface area contributed by atoms with Gasteiger partial charge in [-0.2, -0.15) is 4.98 Å². The molecule has 2 aromatic heterocycles. The fraction of sp³-hybridized carbons (Fsp3) is 0.276. The van der Waals surface area contributed by atoms with Crippen molar-refractivity contribution in [3.8, 4) is 22.8 Å². The van der Waals surface area contributed by atoms with Crippen LogP contribution in [0, 0.1) is 6.92 Å². The highest BCUT2D eigenvalue weighted by Gasteiger charge is 2.31. The molecule has 0 fully saturated rings. The summed E-state index contributed by atoms with van der Waals surface area (Å²) in [6.07, 6.45) is 3.64. The number of benzene rings is 2. The van der Waals surface area contributed by atoms with Gasteiger partial charge in [-0.25, -0.2) is 8.42 Å². The number of hydrogen-bond donors (Lipinski definition) is 1. The minimum atomic E-state index is -4.39. The van der Waals surface area contributed by atoms with Crippen LogP contribution in [0.15, 0.2) is 81.4 Å². The highest BCUT2D eigenvalue weighted by molar-refractivity contribution is 7.91. The Morgan fingerprint density at radius 3 is 2.42 bits per heavy atom. The average molecular weight is 534 g/mol. The third kappa shape index (κ3) is 5.06. The average Bonchev–Trinajstić information content (AvgIpc) is 2.91. The van der Waals surface area contributed by atoms with Gasteiger partial charge in [0.05, 0.1) is 18.0 Å². The van der Waals surface area contributed by atoms with E-state index in [4.69, 9.17) is 4.74 Å². The van der Waals surface area contributed by atoms with Gasteiger partial charge in [0.2, 0.25) is 15.7 Å². The first-order valence-corrected chi connectivity index (χ1v) is 13.9. The van der Waals surface area contributed by atoms with E-state index in [9.17, 15) is 18.3 Å². The molecule has 1 unspecified atom stereocenters. The van der Waals surface area contributed by atoms with Crippen LogP contribution in [-0.2, 0) is 16.3 Å². The molecule has 0 radical (unpaired) electrons. The molecule has 9 heteroatoms. The molecule has 1 atom stereocenters. The van der Waals surface area contributed by atoms with Crippen LogP contribution < -0.4 is 10.3 Å². The normalized spacial score (nSPS) is 12.3. The zero-order chi connectivity index (χ0) is 27.4. The van der Waals surface area contributed by atoms with Crippen LogP contribution in [-0.4, -0.2) is 35.2 Å². The number of nitrogens with zero attached hydrogens (tertiary/aromatic N) is 3. The molecule has 0 spiro atoms. The van der Waals surface area contributed by atoms with Gasteiger partial charge >= 0.3 is 0 Å². The summed E-state index contributed by atoms with van der Waals surface area (Å²) in [5.74, 6) is 0.251. The van der Waals surface area contributed by atoms with Crippen LogP contribution in [0.3, 0.4) is 0 Å². The maximum absolute atomic E-state index is 13.7. The van der Waals surface area contributed by atoms with Crippen LogP contribution in [0.4, 0.5) is 0 Å². The Labute approximate surface area is 222 Å². The second kappa shape index (κ2) is 11.2. The molecule has 198 valence electrons. The summed E-state index contributed by atoms with van der Waals surface area (Å²) < 4.78 is 34.3. The summed E-state index contributed by atoms with van der Waals surface area (Å²) in [7, 11) is -2.85. The van der Waals surface area contributed by atoms with E-state index in [1.54, 1.807) is 38.4 Å². The third-order valence-corrected chi connectivity index (χ3v) is 8.40. The topological polar surface area (TPSA) is 111 Å². The summed E-state index contributed by atoms with van der Waals surface area (Å²) in [6.45, 7) is 5.68. The van der Waals surface area contributed by atoms with Crippen molar-refractivity contribution in [1.29, 1.82) is 0 Å². The van der Waals surface area contributed by atoms with E-state index < -0.39 is 32.2 Å². The Morgan fingerprint density at radius 1 is 1.05 bits per heavy atom. The zero-order valence-electron chi connectivity index (χ0n) is 21.9. The highest BCUT2D eigenvalue weighted by Crippen LogP contribution is 2.35. The van der Waals surface area contributed by atoms with Gasteiger partial charge in [0.15, 0.2) is 4.90 Å². The molecule has 0 bridgehead atoms. The Kier molecular flexibility index (Phi) is 7.97. The number of aryl methyl sites for hydroxylation is 2. The molecule has 1 N–H and O–H groups in total. The largest absolute Gasteiger partial charge is 0.496 e. The minimum absolute atomic E-state index is 0.116. The summed E-state index contributed by atoms with van der Waals surface area (Å²) >= 11 is 0. The number of rotatable bonds is 9. The lowest BCUT2D eigenvalue weighted by molar-refractivity contribution is 0.360. The number of ether oxygens (including phenoxy) is 1. The van der Waals surface area contributed by atoms with Gasteiger partial charge in [0, 0.05) is 29.4 Å². The predicted molar refractivity (Wildman–Crippen MR) is 145 cm³/mol. The quantitative estimate of drug-likeness (QED) is 0.318. The van der Waals surface area contributed by atoms with E-state index in [-0.39, 0.29) is 4.90 Å². The maximum Gasteiger partial charge on any atom is 0.296 e. The number of pyridine rings is 1. The Balaban J connectivity index is 1.86. The summed E-state index contributed by atoms with van der Waals surface area (Å²) in [5, 5.41) is 11.4. The van der Waals surface area contributed by atoms with Crippen LogP contribution in [0.2, 0.25) is 0 Å². The van der Waals surface area contributed by atoms with Crippen LogP contribution in [0.1, 0.15) is 49.8 Å². The molecular formula is C29H31N3O5S. The van der Waals surface area contributed by atoms with Gasteiger partial charge in [-0.15, -0.1) is 0 Å². The summed E-state index contributed by atoms with van der Waals surface area (Å²) in [4.78, 5) is 20.7. The molecule has 38 heavy (non-hydrogen) atoms. The first kappa shape index (κ1) is 27.1. The van der Waals surface area contributed by atoms with Gasteiger partial charge < -0.3 is 9.84 Å². The molecule has 0 saturated heterocycles. The molecule has 4 aromatic rings. The van der Waals surface area contributed by atoms with Crippen molar-refractivity contribution in [3.63, 3.8) is 0 Å². The molecule has 2 aromatic carbocycles. The lowest BCUT2D eigenvalue weighted by Gasteiger charge is -2.24. The second-order valence-corrected chi connectivity index (χ2v) is 10.9. The van der Waals surface area contributed by atoms with E-state index >= 15 is 0 Å². The maximum atomic E-state index is 13.7. The number of aromatic nitrogens is 3. The first-order valence-electron chi connectivity index (χ1n) is 12.4. The lowest BCUT2D eigenvalue weighted by Crippen LogP contribution is -2.27. The Hall–Kier alpha value is -3.98. The minimum Gasteiger partial charge on any atom is -0.496 e. The van der Waals surface area contributed by atoms with Crippen molar-refractivity contribution in [2.24, 2.45) is 0 Å². The first-order chi connectivity index (χ1) is 18.2. The Bertz CT molecular complexity index is 1610. The molecule has 0 amide bonds. The van der Waals surface area contributed by atoms with Crippen LogP contribution in [0.5, 0.6) is 11.6 Å². The van der Waals surface area contributed by atoms with Crippen molar-refractivity contribution in [3.05, 3.63) is 94.3 Å². The molecule has 0 aliphatic carbocycles. The van der Waals surface area contributed by atoms with Crippen LogP contribution >= 0.6 is 0 Å².